The number of urea groups is 1. The Labute approximate surface area is 173 Å². The zero-order chi connectivity index (χ0) is 21.3. The lowest BCUT2D eigenvalue weighted by atomic mass is 9.96. The monoisotopic (exact) mass is 423 g/mol. The van der Waals surface area contributed by atoms with E-state index in [2.05, 4.69) is 16.0 Å². The topological polar surface area (TPSA) is 93.8 Å². The number of hydrogen-bond donors (Lipinski definition) is 3. The van der Waals surface area contributed by atoms with Gasteiger partial charge in [-0.15, -0.1) is 11.8 Å². The molecule has 1 aromatic rings. The van der Waals surface area contributed by atoms with Crippen molar-refractivity contribution >= 4 is 29.6 Å². The molecule has 1 aromatic carbocycles. The lowest BCUT2D eigenvalue weighted by Crippen LogP contribution is -2.72. The Balaban J connectivity index is 1.87. The molecule has 0 aromatic heterocycles. The van der Waals surface area contributed by atoms with Crippen LogP contribution in [-0.4, -0.2) is 65.1 Å². The van der Waals surface area contributed by atoms with E-state index in [1.54, 1.807) is 25.2 Å². The largest absolute Gasteiger partial charge is 0.353 e. The van der Waals surface area contributed by atoms with Crippen LogP contribution in [0, 0.1) is 11.7 Å². The first-order chi connectivity index (χ1) is 13.7. The molecule has 0 aliphatic carbocycles. The molecular formula is C19H26FN5O3S. The summed E-state index contributed by atoms with van der Waals surface area (Å²) in [6.07, 6.45) is -1.24. The van der Waals surface area contributed by atoms with Crippen LogP contribution in [0.3, 0.4) is 0 Å². The molecule has 2 fully saturated rings. The number of amides is 4. The molecule has 2 saturated heterocycles. The molecule has 10 heteroatoms. The van der Waals surface area contributed by atoms with Gasteiger partial charge in [0, 0.05) is 25.7 Å². The van der Waals surface area contributed by atoms with Crippen molar-refractivity contribution in [2.75, 3.05) is 19.8 Å². The highest BCUT2D eigenvalue weighted by Gasteiger charge is 2.51. The Bertz CT molecular complexity index is 808. The number of thioether (sulfide) groups is 1. The van der Waals surface area contributed by atoms with Gasteiger partial charge < -0.3 is 10.2 Å². The number of carbonyl (C=O) groups excluding carboxylic acids is 3. The molecule has 0 saturated carbocycles. The molecule has 0 radical (unpaired) electrons. The summed E-state index contributed by atoms with van der Waals surface area (Å²) in [5.74, 6) is -1.37. The first-order valence-corrected chi connectivity index (χ1v) is 10.5. The number of nitrogens with one attached hydrogen (secondary N) is 3. The van der Waals surface area contributed by atoms with Gasteiger partial charge in [0.25, 0.3) is 0 Å². The second-order valence-electron chi connectivity index (χ2n) is 7.50. The summed E-state index contributed by atoms with van der Waals surface area (Å²) in [4.78, 5) is 39.9. The molecule has 4 atom stereocenters. The smallest absolute Gasteiger partial charge is 0.327 e. The van der Waals surface area contributed by atoms with Crippen LogP contribution in [0.4, 0.5) is 9.18 Å². The third kappa shape index (κ3) is 4.39. The second kappa shape index (κ2) is 8.68. The Morgan fingerprint density at radius 2 is 1.93 bits per heavy atom. The van der Waals surface area contributed by atoms with E-state index in [1.807, 2.05) is 13.8 Å². The summed E-state index contributed by atoms with van der Waals surface area (Å²) in [6.45, 7) is 3.74. The van der Waals surface area contributed by atoms with Crippen LogP contribution < -0.4 is 16.0 Å². The van der Waals surface area contributed by atoms with E-state index >= 15 is 0 Å². The van der Waals surface area contributed by atoms with Crippen molar-refractivity contribution in [1.29, 1.82) is 0 Å². The molecular weight excluding hydrogens is 397 g/mol. The molecule has 2 aliphatic heterocycles. The van der Waals surface area contributed by atoms with Crippen LogP contribution in [0.2, 0.25) is 0 Å². The highest BCUT2D eigenvalue weighted by atomic mass is 32.2. The maximum atomic E-state index is 14.4. The lowest BCUT2D eigenvalue weighted by Gasteiger charge is -2.50. The fourth-order valence-electron chi connectivity index (χ4n) is 3.62. The molecule has 0 bridgehead atoms. The van der Waals surface area contributed by atoms with Gasteiger partial charge in [0.1, 0.15) is 5.82 Å². The third-order valence-electron chi connectivity index (χ3n) is 5.02. The minimum atomic E-state index is -0.623. The summed E-state index contributed by atoms with van der Waals surface area (Å²) in [5.41, 5.74) is 0.385. The molecule has 2 aliphatic rings. The normalized spacial score (nSPS) is 27.2. The van der Waals surface area contributed by atoms with Gasteiger partial charge in [-0.2, -0.15) is 0 Å². The molecule has 4 unspecified atom stereocenters. The Morgan fingerprint density at radius 1 is 1.24 bits per heavy atom. The number of carbonyl (C=O) groups is 3. The zero-order valence-corrected chi connectivity index (χ0v) is 17.6. The molecule has 4 amide bonds. The van der Waals surface area contributed by atoms with Crippen molar-refractivity contribution in [3.8, 4) is 0 Å². The summed E-state index contributed by atoms with van der Waals surface area (Å²) >= 11 is 1.28. The van der Waals surface area contributed by atoms with Crippen LogP contribution in [0.15, 0.2) is 24.3 Å². The quantitative estimate of drug-likeness (QED) is 0.656. The molecule has 3 N–H and O–H groups in total. The van der Waals surface area contributed by atoms with E-state index in [4.69, 9.17) is 0 Å². The van der Waals surface area contributed by atoms with E-state index in [9.17, 15) is 18.8 Å². The molecule has 2 heterocycles. The van der Waals surface area contributed by atoms with Gasteiger partial charge in [0.05, 0.1) is 29.4 Å². The SMILES string of the molecule is CC(C)NC(=O)CSC1NC(c2ccccc2F)NC2C1C(=O)N(C)C(=O)N2C. The Kier molecular flexibility index (Phi) is 6.45. The van der Waals surface area contributed by atoms with Gasteiger partial charge in [-0.3, -0.25) is 25.1 Å². The summed E-state index contributed by atoms with van der Waals surface area (Å²) in [7, 11) is 3.04. The zero-order valence-electron chi connectivity index (χ0n) is 16.8. The number of rotatable bonds is 5. The maximum Gasteiger partial charge on any atom is 0.327 e. The van der Waals surface area contributed by atoms with Crippen LogP contribution in [-0.2, 0) is 9.59 Å². The van der Waals surface area contributed by atoms with E-state index in [0.717, 1.165) is 4.90 Å². The van der Waals surface area contributed by atoms with E-state index < -0.39 is 35.5 Å². The van der Waals surface area contributed by atoms with Gasteiger partial charge in [0.2, 0.25) is 11.8 Å². The van der Waals surface area contributed by atoms with Crippen molar-refractivity contribution in [2.24, 2.45) is 5.92 Å². The fourth-order valence-corrected chi connectivity index (χ4v) is 4.74. The summed E-state index contributed by atoms with van der Waals surface area (Å²) in [6, 6.07) is 5.90. The third-order valence-corrected chi connectivity index (χ3v) is 6.23. The van der Waals surface area contributed by atoms with Crippen LogP contribution in [0.25, 0.3) is 0 Å². The number of nitrogens with zero attached hydrogens (tertiary/aromatic N) is 2. The standard InChI is InChI=1S/C19H26FN5O3S/c1-10(2)21-13(26)9-29-17-14-16(24(3)19(28)25(4)18(14)27)22-15(23-17)11-7-5-6-8-12(11)20/h5-8,10,14-17,22-23H,9H2,1-4H3,(H,21,26). The van der Waals surface area contributed by atoms with E-state index in [1.165, 1.54) is 29.8 Å². The van der Waals surface area contributed by atoms with Crippen molar-refractivity contribution in [3.63, 3.8) is 0 Å². The number of benzene rings is 1. The number of fused-ring (bicyclic) bond motifs is 1. The van der Waals surface area contributed by atoms with Crippen molar-refractivity contribution in [1.82, 2.24) is 25.8 Å². The number of halogens is 1. The van der Waals surface area contributed by atoms with Gasteiger partial charge in [-0.05, 0) is 19.9 Å². The Hall–Kier alpha value is -2.17. The van der Waals surface area contributed by atoms with Gasteiger partial charge >= 0.3 is 6.03 Å². The summed E-state index contributed by atoms with van der Waals surface area (Å²) in [5, 5.41) is 8.77. The first-order valence-electron chi connectivity index (χ1n) is 9.42. The maximum absolute atomic E-state index is 14.4. The van der Waals surface area contributed by atoms with E-state index in [0.29, 0.717) is 5.56 Å². The second-order valence-corrected chi connectivity index (χ2v) is 8.63. The minimum absolute atomic E-state index is 0.00851. The lowest BCUT2D eigenvalue weighted by molar-refractivity contribution is -0.140. The number of hydrogen-bond acceptors (Lipinski definition) is 6. The van der Waals surface area contributed by atoms with E-state index in [-0.39, 0.29) is 23.6 Å². The average Bonchev–Trinajstić information content (AvgIpc) is 2.68. The van der Waals surface area contributed by atoms with Crippen molar-refractivity contribution in [2.45, 2.75) is 37.6 Å². The highest BCUT2D eigenvalue weighted by Crippen LogP contribution is 2.34. The molecule has 158 valence electrons. The first kappa shape index (κ1) is 21.5. The predicted molar refractivity (Wildman–Crippen MR) is 108 cm³/mol. The molecule has 29 heavy (non-hydrogen) atoms. The summed E-state index contributed by atoms with van der Waals surface area (Å²) < 4.78 is 14.4. The van der Waals surface area contributed by atoms with Crippen molar-refractivity contribution in [3.05, 3.63) is 35.6 Å². The predicted octanol–water partition coefficient (Wildman–Crippen LogP) is 1.07. The molecule has 3 rings (SSSR count). The van der Waals surface area contributed by atoms with Crippen molar-refractivity contribution < 1.29 is 18.8 Å². The number of imide groups is 1. The average molecular weight is 424 g/mol. The highest BCUT2D eigenvalue weighted by molar-refractivity contribution is 8.00. The van der Waals surface area contributed by atoms with Gasteiger partial charge in [-0.25, -0.2) is 9.18 Å². The molecule has 8 nitrogen and oxygen atoms in total. The van der Waals surface area contributed by atoms with Gasteiger partial charge in [0.15, 0.2) is 0 Å². The van der Waals surface area contributed by atoms with Gasteiger partial charge in [-0.1, -0.05) is 18.2 Å². The Morgan fingerprint density at radius 3 is 2.59 bits per heavy atom. The van der Waals surface area contributed by atoms with Crippen LogP contribution >= 0.6 is 11.8 Å². The van der Waals surface area contributed by atoms with Crippen LogP contribution in [0.1, 0.15) is 25.6 Å². The minimum Gasteiger partial charge on any atom is -0.353 e. The fraction of sp³-hybridized carbons (Fsp3) is 0.526. The molecule has 0 spiro atoms. The van der Waals surface area contributed by atoms with Crippen LogP contribution in [0.5, 0.6) is 0 Å².